The summed E-state index contributed by atoms with van der Waals surface area (Å²) in [6.45, 7) is 0. The number of thioether (sulfide) groups is 1. The zero-order chi connectivity index (χ0) is 13.4. The summed E-state index contributed by atoms with van der Waals surface area (Å²) in [6.07, 6.45) is 1.97. The molecule has 3 aromatic rings. The number of nitrogens with zero attached hydrogens (tertiary/aromatic N) is 1. The van der Waals surface area contributed by atoms with Crippen molar-refractivity contribution in [3.05, 3.63) is 48.0 Å². The molecule has 0 saturated heterocycles. The molecule has 0 aliphatic carbocycles. The summed E-state index contributed by atoms with van der Waals surface area (Å²) in [6, 6.07) is 9.99. The summed E-state index contributed by atoms with van der Waals surface area (Å²) in [5.41, 5.74) is 1.83. The minimum Gasteiger partial charge on any atom is -0.338 e. The summed E-state index contributed by atoms with van der Waals surface area (Å²) in [4.78, 5) is 8.40. The van der Waals surface area contributed by atoms with Crippen LogP contribution in [0, 0.1) is 11.6 Å². The highest BCUT2D eigenvalue weighted by Crippen LogP contribution is 2.29. The lowest BCUT2D eigenvalue weighted by Crippen LogP contribution is -1.83. The van der Waals surface area contributed by atoms with Gasteiger partial charge in [0, 0.05) is 22.6 Å². The number of rotatable bonds is 2. The number of nitrogens with one attached hydrogen (secondary N) is 1. The van der Waals surface area contributed by atoms with Gasteiger partial charge in [0.2, 0.25) is 0 Å². The van der Waals surface area contributed by atoms with Crippen LogP contribution in [0.1, 0.15) is 0 Å². The summed E-state index contributed by atoms with van der Waals surface area (Å²) < 4.78 is 26.4. The lowest BCUT2D eigenvalue weighted by atomic mass is 10.2. The van der Waals surface area contributed by atoms with E-state index in [1.54, 1.807) is 11.8 Å². The highest BCUT2D eigenvalue weighted by molar-refractivity contribution is 7.98. The third-order valence-corrected chi connectivity index (χ3v) is 3.68. The standard InChI is InChI=1S/C14H10F2N2S/c1-19-13-5-3-2-4-8(13)14-17-11-6-9(15)10(16)7-12(11)18-14/h2-7H,1H3,(H,17,18). The van der Waals surface area contributed by atoms with Crippen LogP contribution in [0.3, 0.4) is 0 Å². The molecule has 0 spiro atoms. The first-order valence-electron chi connectivity index (χ1n) is 5.67. The Labute approximate surface area is 112 Å². The quantitative estimate of drug-likeness (QED) is 0.709. The maximum atomic E-state index is 13.2. The number of hydrogen-bond acceptors (Lipinski definition) is 2. The third kappa shape index (κ3) is 2.10. The van der Waals surface area contributed by atoms with Crippen molar-refractivity contribution in [2.24, 2.45) is 0 Å². The zero-order valence-electron chi connectivity index (χ0n) is 10.1. The van der Waals surface area contributed by atoms with E-state index in [2.05, 4.69) is 9.97 Å². The molecule has 1 N–H and O–H groups in total. The fourth-order valence-electron chi connectivity index (χ4n) is 1.97. The molecule has 2 nitrogen and oxygen atoms in total. The summed E-state index contributed by atoms with van der Waals surface area (Å²) in [7, 11) is 0. The Morgan fingerprint density at radius 1 is 1.11 bits per heavy atom. The molecule has 1 aromatic heterocycles. The molecule has 0 saturated carbocycles. The summed E-state index contributed by atoms with van der Waals surface area (Å²) in [5, 5.41) is 0. The van der Waals surface area contributed by atoms with E-state index in [-0.39, 0.29) is 0 Å². The smallest absolute Gasteiger partial charge is 0.161 e. The van der Waals surface area contributed by atoms with E-state index in [4.69, 9.17) is 0 Å². The van der Waals surface area contributed by atoms with Crippen LogP contribution in [0.4, 0.5) is 8.78 Å². The Bertz CT molecular complexity index is 713. The second-order valence-electron chi connectivity index (χ2n) is 4.07. The van der Waals surface area contributed by atoms with Crippen molar-refractivity contribution in [3.63, 3.8) is 0 Å². The SMILES string of the molecule is CSc1ccccc1-c1nc2cc(F)c(F)cc2[nH]1. The molecular formula is C14H10F2N2S. The number of imidazole rings is 1. The number of hydrogen-bond donors (Lipinski definition) is 1. The number of aromatic amines is 1. The number of benzene rings is 2. The number of aromatic nitrogens is 2. The Morgan fingerprint density at radius 3 is 2.63 bits per heavy atom. The van der Waals surface area contributed by atoms with Crippen LogP contribution >= 0.6 is 11.8 Å². The molecule has 0 bridgehead atoms. The average Bonchev–Trinajstić information content (AvgIpc) is 2.82. The average molecular weight is 276 g/mol. The highest BCUT2D eigenvalue weighted by Gasteiger charge is 2.11. The van der Waals surface area contributed by atoms with Crippen LogP contribution < -0.4 is 0 Å². The Balaban J connectivity index is 2.20. The van der Waals surface area contributed by atoms with Gasteiger partial charge >= 0.3 is 0 Å². The van der Waals surface area contributed by atoms with Crippen LogP contribution in [-0.4, -0.2) is 16.2 Å². The topological polar surface area (TPSA) is 28.7 Å². The first-order chi connectivity index (χ1) is 9.19. The van der Waals surface area contributed by atoms with Gasteiger partial charge in [-0.1, -0.05) is 18.2 Å². The summed E-state index contributed by atoms with van der Waals surface area (Å²) in [5.74, 6) is -1.14. The van der Waals surface area contributed by atoms with Gasteiger partial charge < -0.3 is 4.98 Å². The Morgan fingerprint density at radius 2 is 1.84 bits per heavy atom. The first-order valence-corrected chi connectivity index (χ1v) is 6.89. The second-order valence-corrected chi connectivity index (χ2v) is 4.92. The minimum atomic E-state index is -0.885. The van der Waals surface area contributed by atoms with Gasteiger partial charge in [0.1, 0.15) is 5.82 Å². The fraction of sp³-hybridized carbons (Fsp3) is 0.0714. The highest BCUT2D eigenvalue weighted by atomic mass is 32.2. The van der Waals surface area contributed by atoms with Gasteiger partial charge in [-0.2, -0.15) is 0 Å². The Hall–Kier alpha value is -1.88. The molecule has 2 aromatic carbocycles. The van der Waals surface area contributed by atoms with Crippen molar-refractivity contribution in [1.82, 2.24) is 9.97 Å². The molecular weight excluding hydrogens is 266 g/mol. The molecule has 5 heteroatoms. The number of halogens is 2. The Kier molecular flexibility index (Phi) is 2.98. The molecule has 0 radical (unpaired) electrons. The second kappa shape index (κ2) is 4.66. The van der Waals surface area contributed by atoms with E-state index in [1.807, 2.05) is 30.5 Å². The van der Waals surface area contributed by atoms with Crippen LogP contribution in [0.15, 0.2) is 41.3 Å². The lowest BCUT2D eigenvalue weighted by Gasteiger charge is -2.02. The molecule has 0 amide bonds. The van der Waals surface area contributed by atoms with Crippen molar-refractivity contribution in [2.75, 3.05) is 6.26 Å². The fourth-order valence-corrected chi connectivity index (χ4v) is 2.57. The van der Waals surface area contributed by atoms with Gasteiger partial charge in [0.25, 0.3) is 0 Å². The van der Waals surface area contributed by atoms with E-state index in [1.165, 1.54) is 0 Å². The molecule has 0 aliphatic rings. The predicted molar refractivity (Wildman–Crippen MR) is 73.2 cm³/mol. The van der Waals surface area contributed by atoms with Gasteiger partial charge in [-0.3, -0.25) is 0 Å². The maximum absolute atomic E-state index is 13.2. The maximum Gasteiger partial charge on any atom is 0.161 e. The van der Waals surface area contributed by atoms with Gasteiger partial charge in [-0.05, 0) is 12.3 Å². The molecule has 0 fully saturated rings. The van der Waals surface area contributed by atoms with Crippen molar-refractivity contribution in [1.29, 1.82) is 0 Å². The van der Waals surface area contributed by atoms with Gasteiger partial charge in [-0.25, -0.2) is 13.8 Å². The van der Waals surface area contributed by atoms with Crippen molar-refractivity contribution in [3.8, 4) is 11.4 Å². The molecule has 19 heavy (non-hydrogen) atoms. The number of H-pyrrole nitrogens is 1. The van der Waals surface area contributed by atoms with Gasteiger partial charge in [0.15, 0.2) is 11.6 Å². The van der Waals surface area contributed by atoms with E-state index < -0.39 is 11.6 Å². The molecule has 0 atom stereocenters. The van der Waals surface area contributed by atoms with E-state index in [0.29, 0.717) is 16.9 Å². The number of fused-ring (bicyclic) bond motifs is 1. The predicted octanol–water partition coefficient (Wildman–Crippen LogP) is 4.23. The molecule has 96 valence electrons. The van der Waals surface area contributed by atoms with Gasteiger partial charge in [0.05, 0.1) is 11.0 Å². The molecule has 0 unspecified atom stereocenters. The summed E-state index contributed by atoms with van der Waals surface area (Å²) >= 11 is 1.60. The van der Waals surface area contributed by atoms with Crippen LogP contribution in [0.25, 0.3) is 22.4 Å². The van der Waals surface area contributed by atoms with Crippen LogP contribution in [-0.2, 0) is 0 Å². The van der Waals surface area contributed by atoms with Crippen molar-refractivity contribution < 1.29 is 8.78 Å². The molecule has 0 aliphatic heterocycles. The van der Waals surface area contributed by atoms with Crippen LogP contribution in [0.2, 0.25) is 0 Å². The van der Waals surface area contributed by atoms with E-state index in [9.17, 15) is 8.78 Å². The lowest BCUT2D eigenvalue weighted by molar-refractivity contribution is 0.510. The van der Waals surface area contributed by atoms with Crippen molar-refractivity contribution in [2.45, 2.75) is 4.90 Å². The van der Waals surface area contributed by atoms with Gasteiger partial charge in [-0.15, -0.1) is 11.8 Å². The third-order valence-electron chi connectivity index (χ3n) is 2.89. The normalized spacial score (nSPS) is 11.1. The minimum absolute atomic E-state index is 0.421. The van der Waals surface area contributed by atoms with E-state index >= 15 is 0 Å². The van der Waals surface area contributed by atoms with Crippen molar-refractivity contribution >= 4 is 22.8 Å². The monoisotopic (exact) mass is 276 g/mol. The first kappa shape index (κ1) is 12.2. The zero-order valence-corrected chi connectivity index (χ0v) is 10.9. The largest absolute Gasteiger partial charge is 0.338 e. The molecule has 1 heterocycles. The van der Waals surface area contributed by atoms with Crippen LogP contribution in [0.5, 0.6) is 0 Å². The van der Waals surface area contributed by atoms with E-state index in [0.717, 1.165) is 22.6 Å². The molecule has 3 rings (SSSR count).